The Morgan fingerprint density at radius 3 is 2.76 bits per heavy atom. The Balaban J connectivity index is 1.94. The maximum Gasteiger partial charge on any atom is 0.227 e. The van der Waals surface area contributed by atoms with E-state index < -0.39 is 0 Å². The molecule has 2 rings (SSSR count). The van der Waals surface area contributed by atoms with E-state index in [1.54, 1.807) is 24.7 Å². The minimum absolute atomic E-state index is 0.583. The fourth-order valence-corrected chi connectivity index (χ4v) is 1.35. The molecule has 0 amide bonds. The average molecular weight is 232 g/mol. The molecule has 2 aromatic heterocycles. The van der Waals surface area contributed by atoms with Crippen LogP contribution in [0.5, 0.6) is 0 Å². The van der Waals surface area contributed by atoms with E-state index in [1.807, 2.05) is 25.0 Å². The largest absolute Gasteiger partial charge is 0.321 e. The van der Waals surface area contributed by atoms with Gasteiger partial charge in [-0.2, -0.15) is 5.10 Å². The summed E-state index contributed by atoms with van der Waals surface area (Å²) in [5, 5.41) is 7.35. The molecular weight excluding hydrogens is 216 g/mol. The molecule has 0 aliphatic rings. The number of hydrogen-bond acceptors (Lipinski definition) is 5. The maximum absolute atomic E-state index is 4.26. The van der Waals surface area contributed by atoms with Crippen LogP contribution in [0.2, 0.25) is 0 Å². The van der Waals surface area contributed by atoms with Crippen LogP contribution in [-0.2, 0) is 6.54 Å². The van der Waals surface area contributed by atoms with Gasteiger partial charge in [0.25, 0.3) is 0 Å². The van der Waals surface area contributed by atoms with Crippen molar-refractivity contribution >= 4 is 11.6 Å². The van der Waals surface area contributed by atoms with Gasteiger partial charge in [0.1, 0.15) is 0 Å². The molecule has 0 saturated carbocycles. The van der Waals surface area contributed by atoms with Gasteiger partial charge >= 0.3 is 0 Å². The zero-order chi connectivity index (χ0) is 12.1. The molecule has 0 unspecified atom stereocenters. The Bertz CT molecular complexity index is 450. The second kappa shape index (κ2) is 5.40. The third-order valence-corrected chi connectivity index (χ3v) is 2.23. The van der Waals surface area contributed by atoms with Gasteiger partial charge in [0.05, 0.1) is 18.4 Å². The zero-order valence-corrected chi connectivity index (χ0v) is 10.0. The molecule has 0 aliphatic heterocycles. The maximum atomic E-state index is 4.26. The molecule has 0 aliphatic carbocycles. The predicted octanol–water partition coefficient (Wildman–Crippen LogP) is 0.978. The van der Waals surface area contributed by atoms with E-state index >= 15 is 0 Å². The third kappa shape index (κ3) is 3.53. The monoisotopic (exact) mass is 232 g/mol. The van der Waals surface area contributed by atoms with E-state index in [-0.39, 0.29) is 0 Å². The predicted molar refractivity (Wildman–Crippen MR) is 66.1 cm³/mol. The van der Waals surface area contributed by atoms with Crippen molar-refractivity contribution < 1.29 is 0 Å². The number of aromatic nitrogens is 4. The van der Waals surface area contributed by atoms with Crippen LogP contribution >= 0.6 is 0 Å². The summed E-state index contributed by atoms with van der Waals surface area (Å²) in [5.41, 5.74) is 0.898. The summed E-state index contributed by atoms with van der Waals surface area (Å²) in [6.07, 6.45) is 7.11. The van der Waals surface area contributed by atoms with Crippen molar-refractivity contribution in [3.63, 3.8) is 0 Å². The van der Waals surface area contributed by atoms with Gasteiger partial charge in [0.2, 0.25) is 5.95 Å². The molecule has 0 atom stereocenters. The van der Waals surface area contributed by atoms with E-state index in [1.165, 1.54) is 0 Å². The lowest BCUT2D eigenvalue weighted by Gasteiger charge is -2.08. The molecule has 6 nitrogen and oxygen atoms in total. The number of rotatable bonds is 5. The Morgan fingerprint density at radius 2 is 2.06 bits per heavy atom. The van der Waals surface area contributed by atoms with Crippen LogP contribution < -0.4 is 5.32 Å². The van der Waals surface area contributed by atoms with Crippen LogP contribution in [0.4, 0.5) is 11.6 Å². The highest BCUT2D eigenvalue weighted by molar-refractivity contribution is 5.49. The van der Waals surface area contributed by atoms with Gasteiger partial charge in [-0.15, -0.1) is 0 Å². The molecule has 0 radical (unpaired) electrons. The fourth-order valence-electron chi connectivity index (χ4n) is 1.35. The number of anilines is 2. The molecule has 6 heteroatoms. The van der Waals surface area contributed by atoms with Crippen molar-refractivity contribution in [2.75, 3.05) is 26.0 Å². The van der Waals surface area contributed by atoms with Gasteiger partial charge in [-0.25, -0.2) is 9.97 Å². The van der Waals surface area contributed by atoms with E-state index in [0.717, 1.165) is 18.8 Å². The molecule has 1 N–H and O–H groups in total. The molecule has 0 bridgehead atoms. The number of nitrogens with zero attached hydrogens (tertiary/aromatic N) is 5. The average Bonchev–Trinajstić information content (AvgIpc) is 2.75. The molecule has 0 fully saturated rings. The summed E-state index contributed by atoms with van der Waals surface area (Å²) in [4.78, 5) is 10.3. The Labute approximate surface area is 100 Å². The fraction of sp³-hybridized carbons (Fsp3) is 0.364. The molecule has 0 aromatic carbocycles. The number of nitrogens with one attached hydrogen (secondary N) is 1. The second-order valence-electron chi connectivity index (χ2n) is 3.99. The van der Waals surface area contributed by atoms with Gasteiger partial charge in [-0.3, -0.25) is 4.68 Å². The van der Waals surface area contributed by atoms with Crippen molar-refractivity contribution in [2.45, 2.75) is 6.54 Å². The molecule has 0 saturated heterocycles. The summed E-state index contributed by atoms with van der Waals surface area (Å²) < 4.78 is 1.89. The molecular formula is C11H16N6. The third-order valence-electron chi connectivity index (χ3n) is 2.23. The highest BCUT2D eigenvalue weighted by Gasteiger charge is 2.00. The molecule has 90 valence electrons. The zero-order valence-electron chi connectivity index (χ0n) is 10.0. The first-order valence-corrected chi connectivity index (χ1v) is 5.45. The van der Waals surface area contributed by atoms with Crippen LogP contribution in [0.15, 0.2) is 30.9 Å². The number of likely N-dealkylation sites (N-methyl/N-ethyl adjacent to an activating group) is 1. The summed E-state index contributed by atoms with van der Waals surface area (Å²) >= 11 is 0. The standard InChI is InChI=1S/C11H16N6/c1-16(2)6-7-17-9-10(8-14-17)15-11-12-4-3-5-13-11/h3-5,8-9H,6-7H2,1-2H3,(H,12,13,15). The van der Waals surface area contributed by atoms with Gasteiger partial charge in [-0.1, -0.05) is 0 Å². The van der Waals surface area contributed by atoms with E-state index in [4.69, 9.17) is 0 Å². The van der Waals surface area contributed by atoms with Crippen molar-refractivity contribution in [2.24, 2.45) is 0 Å². The lowest BCUT2D eigenvalue weighted by Crippen LogP contribution is -2.18. The SMILES string of the molecule is CN(C)CCn1cc(Nc2ncccn2)cn1. The van der Waals surface area contributed by atoms with Crippen molar-refractivity contribution in [3.05, 3.63) is 30.9 Å². The molecule has 2 heterocycles. The van der Waals surface area contributed by atoms with Crippen molar-refractivity contribution in [3.8, 4) is 0 Å². The number of hydrogen-bond donors (Lipinski definition) is 1. The minimum atomic E-state index is 0.583. The van der Waals surface area contributed by atoms with Gasteiger partial charge in [0, 0.05) is 25.1 Å². The van der Waals surface area contributed by atoms with Crippen LogP contribution in [-0.4, -0.2) is 45.3 Å². The summed E-state index contributed by atoms with van der Waals surface area (Å²) in [7, 11) is 4.08. The van der Waals surface area contributed by atoms with E-state index in [0.29, 0.717) is 5.95 Å². The Morgan fingerprint density at radius 1 is 1.29 bits per heavy atom. The normalized spacial score (nSPS) is 10.8. The molecule has 0 spiro atoms. The Kier molecular flexibility index (Phi) is 3.66. The highest BCUT2D eigenvalue weighted by Crippen LogP contribution is 2.10. The minimum Gasteiger partial charge on any atom is -0.321 e. The molecule has 2 aromatic rings. The van der Waals surface area contributed by atoms with Crippen LogP contribution in [0.1, 0.15) is 0 Å². The van der Waals surface area contributed by atoms with E-state index in [9.17, 15) is 0 Å². The second-order valence-corrected chi connectivity index (χ2v) is 3.99. The first-order valence-electron chi connectivity index (χ1n) is 5.45. The van der Waals surface area contributed by atoms with Crippen LogP contribution in [0.25, 0.3) is 0 Å². The van der Waals surface area contributed by atoms with Crippen molar-refractivity contribution in [1.29, 1.82) is 0 Å². The lowest BCUT2D eigenvalue weighted by molar-refractivity contribution is 0.373. The summed E-state index contributed by atoms with van der Waals surface area (Å²) in [5.74, 6) is 0.583. The van der Waals surface area contributed by atoms with Crippen molar-refractivity contribution in [1.82, 2.24) is 24.6 Å². The molecule has 17 heavy (non-hydrogen) atoms. The van der Waals surface area contributed by atoms with Crippen LogP contribution in [0, 0.1) is 0 Å². The van der Waals surface area contributed by atoms with E-state index in [2.05, 4.69) is 25.3 Å². The lowest BCUT2D eigenvalue weighted by atomic mass is 10.5. The van der Waals surface area contributed by atoms with Gasteiger partial charge in [-0.05, 0) is 20.2 Å². The van der Waals surface area contributed by atoms with Crippen LogP contribution in [0.3, 0.4) is 0 Å². The Hall–Kier alpha value is -1.95. The first kappa shape index (κ1) is 11.5. The topological polar surface area (TPSA) is 58.9 Å². The van der Waals surface area contributed by atoms with Gasteiger partial charge < -0.3 is 10.2 Å². The summed E-state index contributed by atoms with van der Waals surface area (Å²) in [6.45, 7) is 1.83. The quantitative estimate of drug-likeness (QED) is 0.832. The first-order chi connectivity index (χ1) is 8.24. The summed E-state index contributed by atoms with van der Waals surface area (Å²) in [6, 6.07) is 1.78. The van der Waals surface area contributed by atoms with Gasteiger partial charge in [0.15, 0.2) is 0 Å². The smallest absolute Gasteiger partial charge is 0.227 e. The highest BCUT2D eigenvalue weighted by atomic mass is 15.3.